The molecule has 0 aliphatic heterocycles. The summed E-state index contributed by atoms with van der Waals surface area (Å²) in [6, 6.07) is 10.1. The lowest BCUT2D eigenvalue weighted by atomic mass is 10.1. The molecule has 0 amide bonds. The summed E-state index contributed by atoms with van der Waals surface area (Å²) in [6.45, 7) is 6.38. The first kappa shape index (κ1) is 14.6. The highest BCUT2D eigenvalue weighted by atomic mass is 16.5. The van der Waals surface area contributed by atoms with Crippen molar-refractivity contribution in [2.45, 2.75) is 20.4 Å². The van der Waals surface area contributed by atoms with E-state index in [4.69, 9.17) is 4.74 Å². The van der Waals surface area contributed by atoms with Crippen LogP contribution in [0.15, 0.2) is 30.3 Å². The van der Waals surface area contributed by atoms with Crippen molar-refractivity contribution in [3.8, 4) is 11.4 Å². The molecule has 2 aromatic rings. The van der Waals surface area contributed by atoms with Crippen LogP contribution in [0.25, 0.3) is 11.4 Å². The number of methoxy groups -OCH3 is 1. The molecule has 0 saturated heterocycles. The molecule has 1 aromatic carbocycles. The molecule has 0 saturated carbocycles. The zero-order valence-electron chi connectivity index (χ0n) is 12.3. The quantitative estimate of drug-likeness (QED) is 0.820. The average Bonchev–Trinajstić information content (AvgIpc) is 2.46. The normalized spacial score (nSPS) is 10.8. The number of hydrogen-bond donors (Lipinski definition) is 1. The molecule has 0 unspecified atom stereocenters. The summed E-state index contributed by atoms with van der Waals surface area (Å²) in [5, 5.41) is 3.34. The lowest BCUT2D eigenvalue weighted by Crippen LogP contribution is -2.20. The van der Waals surface area contributed by atoms with Gasteiger partial charge in [-0.25, -0.2) is 9.97 Å². The second-order valence-electron chi connectivity index (χ2n) is 4.73. The van der Waals surface area contributed by atoms with Crippen LogP contribution in [0, 0.1) is 13.8 Å². The molecule has 0 fully saturated rings. The number of nitrogens with zero attached hydrogens (tertiary/aromatic N) is 2. The zero-order chi connectivity index (χ0) is 14.4. The molecule has 0 aliphatic carbocycles. The first-order valence-corrected chi connectivity index (χ1v) is 6.81. The highest BCUT2D eigenvalue weighted by Gasteiger charge is 2.09. The predicted molar refractivity (Wildman–Crippen MR) is 80.5 cm³/mol. The summed E-state index contributed by atoms with van der Waals surface area (Å²) in [5.74, 6) is 0.793. The van der Waals surface area contributed by atoms with Gasteiger partial charge in [-0.2, -0.15) is 0 Å². The highest BCUT2D eigenvalue weighted by molar-refractivity contribution is 5.55. The van der Waals surface area contributed by atoms with E-state index in [2.05, 4.69) is 15.3 Å². The third-order valence-electron chi connectivity index (χ3n) is 3.24. The molecule has 0 aliphatic rings. The van der Waals surface area contributed by atoms with Crippen LogP contribution in [0.3, 0.4) is 0 Å². The van der Waals surface area contributed by atoms with Crippen molar-refractivity contribution in [3.63, 3.8) is 0 Å². The van der Waals surface area contributed by atoms with Crippen molar-refractivity contribution in [1.82, 2.24) is 15.3 Å². The Labute approximate surface area is 120 Å². The van der Waals surface area contributed by atoms with E-state index in [-0.39, 0.29) is 0 Å². The summed E-state index contributed by atoms with van der Waals surface area (Å²) in [5.41, 5.74) is 4.28. The fourth-order valence-electron chi connectivity index (χ4n) is 2.10. The SMILES string of the molecule is COCCNCc1c(C)nc(-c2ccccc2)nc1C. The number of aryl methyl sites for hydroxylation is 2. The molecule has 4 nitrogen and oxygen atoms in total. The lowest BCUT2D eigenvalue weighted by Gasteiger charge is -2.11. The predicted octanol–water partition coefficient (Wildman–Crippen LogP) is 2.50. The monoisotopic (exact) mass is 271 g/mol. The van der Waals surface area contributed by atoms with Crippen molar-refractivity contribution < 1.29 is 4.74 Å². The molecular formula is C16H21N3O. The number of ether oxygens (including phenoxy) is 1. The Morgan fingerprint density at radius 1 is 1.05 bits per heavy atom. The van der Waals surface area contributed by atoms with E-state index in [0.29, 0.717) is 6.61 Å². The average molecular weight is 271 g/mol. The Hall–Kier alpha value is -1.78. The van der Waals surface area contributed by atoms with Gasteiger partial charge in [0.2, 0.25) is 0 Å². The maximum Gasteiger partial charge on any atom is 0.159 e. The molecule has 1 aromatic heterocycles. The molecule has 0 spiro atoms. The first-order valence-electron chi connectivity index (χ1n) is 6.81. The van der Waals surface area contributed by atoms with Crippen molar-refractivity contribution in [1.29, 1.82) is 0 Å². The van der Waals surface area contributed by atoms with E-state index in [0.717, 1.165) is 35.9 Å². The van der Waals surface area contributed by atoms with E-state index in [1.54, 1.807) is 7.11 Å². The topological polar surface area (TPSA) is 47.0 Å². The number of hydrogen-bond acceptors (Lipinski definition) is 4. The van der Waals surface area contributed by atoms with Gasteiger partial charge in [0.25, 0.3) is 0 Å². The fraction of sp³-hybridized carbons (Fsp3) is 0.375. The summed E-state index contributed by atoms with van der Waals surface area (Å²) < 4.78 is 5.02. The van der Waals surface area contributed by atoms with Gasteiger partial charge >= 0.3 is 0 Å². The van der Waals surface area contributed by atoms with Gasteiger partial charge in [0, 0.05) is 42.7 Å². The van der Waals surface area contributed by atoms with Crippen LogP contribution in [0.1, 0.15) is 17.0 Å². The maximum atomic E-state index is 5.02. The van der Waals surface area contributed by atoms with E-state index in [1.807, 2.05) is 44.2 Å². The number of nitrogens with one attached hydrogen (secondary N) is 1. The van der Waals surface area contributed by atoms with Crippen molar-refractivity contribution in [2.75, 3.05) is 20.3 Å². The van der Waals surface area contributed by atoms with Gasteiger partial charge in [-0.05, 0) is 13.8 Å². The Morgan fingerprint density at radius 2 is 1.70 bits per heavy atom. The molecule has 20 heavy (non-hydrogen) atoms. The highest BCUT2D eigenvalue weighted by Crippen LogP contribution is 2.18. The molecule has 106 valence electrons. The summed E-state index contributed by atoms with van der Waals surface area (Å²) in [6.07, 6.45) is 0. The molecule has 2 rings (SSSR count). The Bertz CT molecular complexity index is 532. The van der Waals surface area contributed by atoms with Gasteiger partial charge in [-0.15, -0.1) is 0 Å². The Balaban J connectivity index is 2.17. The minimum atomic E-state index is 0.709. The van der Waals surface area contributed by atoms with Crippen LogP contribution < -0.4 is 5.32 Å². The van der Waals surface area contributed by atoms with Gasteiger partial charge in [0.05, 0.1) is 6.61 Å². The van der Waals surface area contributed by atoms with Crippen LogP contribution in [-0.2, 0) is 11.3 Å². The maximum absolute atomic E-state index is 5.02. The number of benzene rings is 1. The molecule has 1 N–H and O–H groups in total. The van der Waals surface area contributed by atoms with E-state index in [1.165, 1.54) is 5.56 Å². The van der Waals surface area contributed by atoms with Crippen LogP contribution in [0.5, 0.6) is 0 Å². The molecule has 0 bridgehead atoms. The number of aromatic nitrogens is 2. The standard InChI is InChI=1S/C16H21N3O/c1-12-15(11-17-9-10-20-3)13(2)19-16(18-12)14-7-5-4-6-8-14/h4-8,17H,9-11H2,1-3H3. The fourth-order valence-corrected chi connectivity index (χ4v) is 2.10. The van der Waals surface area contributed by atoms with Gasteiger partial charge in [-0.3, -0.25) is 0 Å². The Kier molecular flexibility index (Phi) is 5.21. The van der Waals surface area contributed by atoms with Crippen LogP contribution in [-0.4, -0.2) is 30.2 Å². The van der Waals surface area contributed by atoms with Crippen molar-refractivity contribution >= 4 is 0 Å². The van der Waals surface area contributed by atoms with Gasteiger partial charge in [-0.1, -0.05) is 30.3 Å². The molecule has 0 atom stereocenters. The van der Waals surface area contributed by atoms with Crippen LogP contribution in [0.4, 0.5) is 0 Å². The summed E-state index contributed by atoms with van der Waals surface area (Å²) in [7, 11) is 1.70. The Morgan fingerprint density at radius 3 is 2.30 bits per heavy atom. The van der Waals surface area contributed by atoms with E-state index in [9.17, 15) is 0 Å². The summed E-state index contributed by atoms with van der Waals surface area (Å²) in [4.78, 5) is 9.24. The minimum Gasteiger partial charge on any atom is -0.383 e. The smallest absolute Gasteiger partial charge is 0.159 e. The van der Waals surface area contributed by atoms with Gasteiger partial charge in [0.15, 0.2) is 5.82 Å². The van der Waals surface area contributed by atoms with Crippen LogP contribution in [0.2, 0.25) is 0 Å². The third kappa shape index (κ3) is 3.62. The minimum absolute atomic E-state index is 0.709. The second-order valence-corrected chi connectivity index (χ2v) is 4.73. The van der Waals surface area contributed by atoms with Gasteiger partial charge in [0.1, 0.15) is 0 Å². The molecular weight excluding hydrogens is 250 g/mol. The summed E-state index contributed by atoms with van der Waals surface area (Å²) >= 11 is 0. The van der Waals surface area contributed by atoms with Gasteiger partial charge < -0.3 is 10.1 Å². The third-order valence-corrected chi connectivity index (χ3v) is 3.24. The largest absolute Gasteiger partial charge is 0.383 e. The van der Waals surface area contributed by atoms with Crippen molar-refractivity contribution in [2.24, 2.45) is 0 Å². The first-order chi connectivity index (χ1) is 9.72. The van der Waals surface area contributed by atoms with E-state index < -0.39 is 0 Å². The van der Waals surface area contributed by atoms with E-state index >= 15 is 0 Å². The second kappa shape index (κ2) is 7.12. The lowest BCUT2D eigenvalue weighted by molar-refractivity contribution is 0.199. The van der Waals surface area contributed by atoms with Crippen LogP contribution >= 0.6 is 0 Å². The number of rotatable bonds is 6. The zero-order valence-corrected chi connectivity index (χ0v) is 12.3. The van der Waals surface area contributed by atoms with Crippen molar-refractivity contribution in [3.05, 3.63) is 47.3 Å². The molecule has 1 heterocycles. The molecule has 4 heteroatoms. The molecule has 0 radical (unpaired) electrons.